The Morgan fingerprint density at radius 3 is 2.82 bits per heavy atom. The number of nitrogens with one attached hydrogen (secondary N) is 1. The van der Waals surface area contributed by atoms with Crippen LogP contribution in [0.2, 0.25) is 0 Å². The second-order valence-corrected chi connectivity index (χ2v) is 4.86. The number of hydrazone groups is 1. The Labute approximate surface area is 100 Å². The van der Waals surface area contributed by atoms with E-state index in [0.29, 0.717) is 11.5 Å². The number of carbonyl (C=O) groups excluding carboxylic acids is 1. The highest BCUT2D eigenvalue weighted by atomic mass is 16.2. The first-order valence-electron chi connectivity index (χ1n) is 6.10. The number of carbonyl (C=O) groups is 1. The van der Waals surface area contributed by atoms with Crippen molar-refractivity contribution in [3.63, 3.8) is 0 Å². The maximum absolute atomic E-state index is 11.8. The van der Waals surface area contributed by atoms with Crippen molar-refractivity contribution in [3.05, 3.63) is 30.1 Å². The average Bonchev–Trinajstić information content (AvgIpc) is 2.99. The van der Waals surface area contributed by atoms with Crippen molar-refractivity contribution in [3.8, 4) is 0 Å². The van der Waals surface area contributed by atoms with Crippen LogP contribution in [0.4, 0.5) is 0 Å². The fourth-order valence-corrected chi connectivity index (χ4v) is 2.85. The van der Waals surface area contributed by atoms with Gasteiger partial charge in [0.2, 0.25) is 0 Å². The smallest absolute Gasteiger partial charge is 0.267 e. The van der Waals surface area contributed by atoms with Crippen LogP contribution in [0.5, 0.6) is 0 Å². The van der Waals surface area contributed by atoms with Crippen LogP contribution in [0.15, 0.2) is 29.6 Å². The predicted octanol–water partition coefficient (Wildman–Crippen LogP) is 1.99. The molecule has 2 atom stereocenters. The normalized spacial score (nSPS) is 28.6. The molecule has 0 saturated heterocycles. The lowest BCUT2D eigenvalue weighted by molar-refractivity contribution is 0.0954. The molecule has 0 aliphatic heterocycles. The highest BCUT2D eigenvalue weighted by Crippen LogP contribution is 2.42. The zero-order valence-corrected chi connectivity index (χ0v) is 9.60. The Bertz CT molecular complexity index is 455. The van der Waals surface area contributed by atoms with Gasteiger partial charge in [0, 0.05) is 23.7 Å². The lowest BCUT2D eigenvalue weighted by atomic mass is 9.99. The summed E-state index contributed by atoms with van der Waals surface area (Å²) >= 11 is 0. The van der Waals surface area contributed by atoms with Crippen LogP contribution in [0.3, 0.4) is 0 Å². The minimum Gasteiger partial charge on any atom is -0.267 e. The highest BCUT2D eigenvalue weighted by molar-refractivity contribution is 5.96. The molecule has 2 aliphatic carbocycles. The summed E-state index contributed by atoms with van der Waals surface area (Å²) in [6.45, 7) is 0. The van der Waals surface area contributed by atoms with Gasteiger partial charge in [-0.3, -0.25) is 9.78 Å². The molecule has 2 aliphatic rings. The molecule has 1 heterocycles. The maximum Gasteiger partial charge on any atom is 0.271 e. The number of hydrogen-bond acceptors (Lipinski definition) is 3. The van der Waals surface area contributed by atoms with Crippen LogP contribution < -0.4 is 5.43 Å². The molecule has 17 heavy (non-hydrogen) atoms. The van der Waals surface area contributed by atoms with E-state index in [1.54, 1.807) is 24.5 Å². The van der Waals surface area contributed by atoms with Crippen LogP contribution >= 0.6 is 0 Å². The van der Waals surface area contributed by atoms with Crippen molar-refractivity contribution in [2.45, 2.75) is 25.7 Å². The Kier molecular flexibility index (Phi) is 2.63. The molecular formula is C13H15N3O. The van der Waals surface area contributed by atoms with E-state index in [2.05, 4.69) is 15.5 Å². The molecule has 2 bridgehead atoms. The van der Waals surface area contributed by atoms with E-state index in [1.807, 2.05) is 0 Å². The standard InChI is InChI=1S/C13H15N3O/c17-13(10-3-5-14-6-4-10)16-15-12-8-9-1-2-11(12)7-9/h3-6,9,11H,1-2,7-8H2,(H,16,17). The average molecular weight is 229 g/mol. The molecule has 88 valence electrons. The number of rotatable bonds is 2. The van der Waals surface area contributed by atoms with E-state index < -0.39 is 0 Å². The van der Waals surface area contributed by atoms with Gasteiger partial charge in [-0.15, -0.1) is 0 Å². The molecule has 1 aromatic heterocycles. The summed E-state index contributed by atoms with van der Waals surface area (Å²) in [6, 6.07) is 3.38. The molecule has 2 unspecified atom stereocenters. The summed E-state index contributed by atoms with van der Waals surface area (Å²) in [4.78, 5) is 15.6. The molecule has 0 aromatic carbocycles. The summed E-state index contributed by atoms with van der Waals surface area (Å²) in [5, 5.41) is 4.28. The van der Waals surface area contributed by atoms with Gasteiger partial charge in [-0.05, 0) is 49.7 Å². The zero-order chi connectivity index (χ0) is 11.7. The third-order valence-corrected chi connectivity index (χ3v) is 3.75. The second-order valence-electron chi connectivity index (χ2n) is 4.86. The fourth-order valence-electron chi connectivity index (χ4n) is 2.85. The fraction of sp³-hybridized carbons (Fsp3) is 0.462. The molecule has 4 heteroatoms. The van der Waals surface area contributed by atoms with Gasteiger partial charge in [-0.2, -0.15) is 5.10 Å². The van der Waals surface area contributed by atoms with Crippen LogP contribution in [0.1, 0.15) is 36.0 Å². The molecule has 1 amide bonds. The first-order chi connectivity index (χ1) is 8.33. The molecule has 0 radical (unpaired) electrons. The topological polar surface area (TPSA) is 54.4 Å². The summed E-state index contributed by atoms with van der Waals surface area (Å²) in [5.41, 5.74) is 4.44. The lowest BCUT2D eigenvalue weighted by Crippen LogP contribution is -2.21. The zero-order valence-electron chi connectivity index (χ0n) is 9.60. The van der Waals surface area contributed by atoms with Gasteiger partial charge in [0.15, 0.2) is 0 Å². The van der Waals surface area contributed by atoms with Crippen LogP contribution in [0, 0.1) is 11.8 Å². The summed E-state index contributed by atoms with van der Waals surface area (Å²) < 4.78 is 0. The quantitative estimate of drug-likeness (QED) is 0.788. The van der Waals surface area contributed by atoms with Gasteiger partial charge in [-0.1, -0.05) is 0 Å². The number of aromatic nitrogens is 1. The Morgan fingerprint density at radius 2 is 2.18 bits per heavy atom. The Morgan fingerprint density at radius 1 is 1.35 bits per heavy atom. The molecule has 1 N–H and O–H groups in total. The maximum atomic E-state index is 11.8. The van der Waals surface area contributed by atoms with E-state index in [1.165, 1.54) is 25.0 Å². The van der Waals surface area contributed by atoms with Crippen molar-refractivity contribution in [2.75, 3.05) is 0 Å². The van der Waals surface area contributed by atoms with Crippen LogP contribution in [-0.4, -0.2) is 16.6 Å². The van der Waals surface area contributed by atoms with Crippen molar-refractivity contribution in [2.24, 2.45) is 16.9 Å². The van der Waals surface area contributed by atoms with Crippen molar-refractivity contribution >= 4 is 11.6 Å². The second kappa shape index (κ2) is 4.28. The SMILES string of the molecule is O=C(NN=C1CC2CCC1C2)c1ccncc1. The number of fused-ring (bicyclic) bond motifs is 2. The summed E-state index contributed by atoms with van der Waals surface area (Å²) in [7, 11) is 0. The van der Waals surface area contributed by atoms with Gasteiger partial charge < -0.3 is 0 Å². The highest BCUT2D eigenvalue weighted by Gasteiger charge is 2.36. The number of nitrogens with zero attached hydrogens (tertiary/aromatic N) is 2. The van der Waals surface area contributed by atoms with E-state index in [9.17, 15) is 4.79 Å². The molecule has 0 spiro atoms. The minimum absolute atomic E-state index is 0.150. The largest absolute Gasteiger partial charge is 0.271 e. The first kappa shape index (κ1) is 10.4. The van der Waals surface area contributed by atoms with Crippen LogP contribution in [-0.2, 0) is 0 Å². The Balaban J connectivity index is 1.65. The molecule has 4 nitrogen and oxygen atoms in total. The molecule has 1 aromatic rings. The van der Waals surface area contributed by atoms with Crippen molar-refractivity contribution in [1.29, 1.82) is 0 Å². The number of hydrogen-bond donors (Lipinski definition) is 1. The monoisotopic (exact) mass is 229 g/mol. The molecule has 3 rings (SSSR count). The molecule has 2 fully saturated rings. The molecule has 2 saturated carbocycles. The Hall–Kier alpha value is -1.71. The van der Waals surface area contributed by atoms with Crippen molar-refractivity contribution < 1.29 is 4.79 Å². The van der Waals surface area contributed by atoms with Gasteiger partial charge >= 0.3 is 0 Å². The van der Waals surface area contributed by atoms with Gasteiger partial charge in [0.05, 0.1) is 0 Å². The van der Waals surface area contributed by atoms with Gasteiger partial charge in [0.1, 0.15) is 0 Å². The van der Waals surface area contributed by atoms with E-state index in [-0.39, 0.29) is 5.91 Å². The third kappa shape index (κ3) is 2.07. The predicted molar refractivity (Wildman–Crippen MR) is 64.6 cm³/mol. The molecular weight excluding hydrogens is 214 g/mol. The number of pyridine rings is 1. The van der Waals surface area contributed by atoms with Crippen molar-refractivity contribution in [1.82, 2.24) is 10.4 Å². The van der Waals surface area contributed by atoms with E-state index in [0.717, 1.165) is 12.3 Å². The summed E-state index contributed by atoms with van der Waals surface area (Å²) in [5.74, 6) is 1.29. The summed E-state index contributed by atoms with van der Waals surface area (Å²) in [6.07, 6.45) is 8.14. The lowest BCUT2D eigenvalue weighted by Gasteiger charge is -2.11. The van der Waals surface area contributed by atoms with Crippen LogP contribution in [0.25, 0.3) is 0 Å². The van der Waals surface area contributed by atoms with E-state index >= 15 is 0 Å². The first-order valence-corrected chi connectivity index (χ1v) is 6.10. The van der Waals surface area contributed by atoms with Gasteiger partial charge in [0.25, 0.3) is 5.91 Å². The van der Waals surface area contributed by atoms with Gasteiger partial charge in [-0.25, -0.2) is 5.43 Å². The minimum atomic E-state index is -0.150. The van der Waals surface area contributed by atoms with E-state index in [4.69, 9.17) is 0 Å². The third-order valence-electron chi connectivity index (χ3n) is 3.75. The number of amides is 1.